The first-order valence-corrected chi connectivity index (χ1v) is 7.60. The van der Waals surface area contributed by atoms with Gasteiger partial charge in [0.05, 0.1) is 17.5 Å². The van der Waals surface area contributed by atoms with Crippen LogP contribution >= 0.6 is 34.3 Å². The molecule has 0 aliphatic heterocycles. The molecule has 0 aliphatic rings. The summed E-state index contributed by atoms with van der Waals surface area (Å²) in [7, 11) is 1.35. The van der Waals surface area contributed by atoms with Gasteiger partial charge in [0.25, 0.3) is 0 Å². The average Bonchev–Trinajstić information content (AvgIpc) is 2.95. The van der Waals surface area contributed by atoms with Crippen LogP contribution in [0.25, 0.3) is 0 Å². The van der Waals surface area contributed by atoms with Gasteiger partial charge in [0.15, 0.2) is 10.8 Å². The quantitative estimate of drug-likeness (QED) is 0.862. The molecule has 0 aliphatic carbocycles. The highest BCUT2D eigenvalue weighted by Crippen LogP contribution is 2.31. The Morgan fingerprint density at radius 2 is 2.21 bits per heavy atom. The number of hydrogen-bond donors (Lipinski definition) is 1. The fourth-order valence-corrected chi connectivity index (χ4v) is 3.51. The summed E-state index contributed by atoms with van der Waals surface area (Å²) in [5.74, 6) is -0.409. The Kier molecular flexibility index (Phi) is 4.44. The van der Waals surface area contributed by atoms with E-state index in [-0.39, 0.29) is 6.04 Å². The molecule has 1 atom stereocenters. The van der Waals surface area contributed by atoms with Crippen molar-refractivity contribution in [2.75, 3.05) is 12.4 Å². The number of thiazole rings is 1. The van der Waals surface area contributed by atoms with Crippen LogP contribution in [-0.2, 0) is 4.74 Å². The summed E-state index contributed by atoms with van der Waals surface area (Å²) in [5, 5.41) is 3.97. The fourth-order valence-electron chi connectivity index (χ4n) is 1.56. The summed E-state index contributed by atoms with van der Waals surface area (Å²) in [4.78, 5) is 17.7. The van der Waals surface area contributed by atoms with Crippen LogP contribution in [0.15, 0.2) is 12.1 Å². The first-order chi connectivity index (χ1) is 9.01. The van der Waals surface area contributed by atoms with Crippen LogP contribution < -0.4 is 5.32 Å². The Hall–Kier alpha value is -1.11. The van der Waals surface area contributed by atoms with Gasteiger partial charge in [-0.25, -0.2) is 9.78 Å². The fraction of sp³-hybridized carbons (Fsp3) is 0.333. The number of carbonyl (C=O) groups is 1. The van der Waals surface area contributed by atoms with Gasteiger partial charge in [-0.15, -0.1) is 22.7 Å². The van der Waals surface area contributed by atoms with Crippen molar-refractivity contribution >= 4 is 45.4 Å². The van der Waals surface area contributed by atoms with Crippen molar-refractivity contribution in [3.63, 3.8) is 0 Å². The zero-order valence-corrected chi connectivity index (χ0v) is 13.1. The number of hydrogen-bond acceptors (Lipinski definition) is 6. The van der Waals surface area contributed by atoms with Crippen LogP contribution in [0, 0.1) is 6.92 Å². The van der Waals surface area contributed by atoms with E-state index < -0.39 is 5.97 Å². The Morgan fingerprint density at radius 3 is 2.79 bits per heavy atom. The number of carbonyl (C=O) groups excluding carboxylic acids is 1. The molecule has 1 unspecified atom stereocenters. The zero-order valence-electron chi connectivity index (χ0n) is 10.7. The Morgan fingerprint density at radius 1 is 1.47 bits per heavy atom. The molecule has 4 nitrogen and oxygen atoms in total. The third kappa shape index (κ3) is 3.26. The van der Waals surface area contributed by atoms with E-state index >= 15 is 0 Å². The van der Waals surface area contributed by atoms with Crippen LogP contribution in [0.2, 0.25) is 4.34 Å². The SMILES string of the molecule is COC(=O)c1nc(NC(C)c2ccc(Cl)s2)sc1C. The lowest BCUT2D eigenvalue weighted by Crippen LogP contribution is -2.06. The van der Waals surface area contributed by atoms with Gasteiger partial charge in [0.1, 0.15) is 0 Å². The minimum Gasteiger partial charge on any atom is -0.464 e. The number of aryl methyl sites for hydroxylation is 1. The van der Waals surface area contributed by atoms with Crippen molar-refractivity contribution in [3.8, 4) is 0 Å². The van der Waals surface area contributed by atoms with Gasteiger partial charge in [-0.3, -0.25) is 0 Å². The monoisotopic (exact) mass is 316 g/mol. The summed E-state index contributed by atoms with van der Waals surface area (Å²) >= 11 is 8.88. The molecule has 0 fully saturated rings. The molecule has 2 aromatic rings. The highest BCUT2D eigenvalue weighted by molar-refractivity contribution is 7.16. The molecule has 2 rings (SSSR count). The van der Waals surface area contributed by atoms with E-state index in [0.29, 0.717) is 10.8 Å². The Labute approximate surface area is 124 Å². The average molecular weight is 317 g/mol. The van der Waals surface area contributed by atoms with Crippen LogP contribution in [0.1, 0.15) is 33.2 Å². The molecule has 0 spiro atoms. The van der Waals surface area contributed by atoms with Crippen LogP contribution in [0.5, 0.6) is 0 Å². The van der Waals surface area contributed by atoms with E-state index in [0.717, 1.165) is 14.1 Å². The number of rotatable bonds is 4. The summed E-state index contributed by atoms with van der Waals surface area (Å²) in [6.07, 6.45) is 0. The summed E-state index contributed by atoms with van der Waals surface area (Å²) < 4.78 is 5.44. The number of aromatic nitrogens is 1. The second kappa shape index (κ2) is 5.90. The number of ether oxygens (including phenoxy) is 1. The number of esters is 1. The Bertz CT molecular complexity index is 594. The predicted molar refractivity (Wildman–Crippen MR) is 79.6 cm³/mol. The Balaban J connectivity index is 2.13. The number of thiophene rings is 1. The van der Waals surface area contributed by atoms with Gasteiger partial charge < -0.3 is 10.1 Å². The topological polar surface area (TPSA) is 51.2 Å². The zero-order chi connectivity index (χ0) is 14.0. The molecule has 1 N–H and O–H groups in total. The number of methoxy groups -OCH3 is 1. The van der Waals surface area contributed by atoms with Gasteiger partial charge in [0.2, 0.25) is 0 Å². The van der Waals surface area contributed by atoms with E-state index in [1.54, 1.807) is 0 Å². The van der Waals surface area contributed by atoms with Crippen molar-refractivity contribution in [3.05, 3.63) is 31.9 Å². The second-order valence-corrected chi connectivity index (χ2v) is 6.87. The first-order valence-electron chi connectivity index (χ1n) is 5.58. The number of halogens is 1. The molecule has 0 saturated heterocycles. The molecule has 0 amide bonds. The highest BCUT2D eigenvalue weighted by Gasteiger charge is 2.17. The van der Waals surface area contributed by atoms with Gasteiger partial charge in [-0.1, -0.05) is 11.6 Å². The maximum Gasteiger partial charge on any atom is 0.357 e. The summed E-state index contributed by atoms with van der Waals surface area (Å²) in [6, 6.07) is 3.94. The van der Waals surface area contributed by atoms with Crippen molar-refractivity contribution in [2.24, 2.45) is 0 Å². The van der Waals surface area contributed by atoms with Crippen molar-refractivity contribution < 1.29 is 9.53 Å². The highest BCUT2D eigenvalue weighted by atomic mass is 35.5. The van der Waals surface area contributed by atoms with Crippen molar-refractivity contribution in [1.29, 1.82) is 0 Å². The van der Waals surface area contributed by atoms with Crippen molar-refractivity contribution in [1.82, 2.24) is 4.98 Å². The molecule has 102 valence electrons. The standard InChI is InChI=1S/C12H13ClN2O2S2/c1-6(8-4-5-9(13)19-8)14-12-15-10(7(2)18-12)11(16)17-3/h4-6H,1-3H3,(H,14,15). The molecule has 2 heterocycles. The molecule has 0 aromatic carbocycles. The second-order valence-electron chi connectivity index (χ2n) is 3.92. The van der Waals surface area contributed by atoms with Gasteiger partial charge in [0, 0.05) is 9.75 Å². The number of anilines is 1. The molecular formula is C12H13ClN2O2S2. The van der Waals surface area contributed by atoms with Gasteiger partial charge >= 0.3 is 5.97 Å². The number of nitrogens with zero attached hydrogens (tertiary/aromatic N) is 1. The van der Waals surface area contributed by atoms with E-state index in [9.17, 15) is 4.79 Å². The molecular weight excluding hydrogens is 304 g/mol. The molecule has 19 heavy (non-hydrogen) atoms. The summed E-state index contributed by atoms with van der Waals surface area (Å²) in [6.45, 7) is 3.87. The molecule has 0 radical (unpaired) electrons. The lowest BCUT2D eigenvalue weighted by Gasteiger charge is -2.10. The normalized spacial score (nSPS) is 12.2. The van der Waals surface area contributed by atoms with Crippen LogP contribution in [-0.4, -0.2) is 18.1 Å². The van der Waals surface area contributed by atoms with Crippen molar-refractivity contribution in [2.45, 2.75) is 19.9 Å². The van der Waals surface area contributed by atoms with E-state index in [1.807, 2.05) is 26.0 Å². The van der Waals surface area contributed by atoms with Crippen LogP contribution in [0.4, 0.5) is 5.13 Å². The number of nitrogens with one attached hydrogen (secondary N) is 1. The molecule has 7 heteroatoms. The largest absolute Gasteiger partial charge is 0.464 e. The lowest BCUT2D eigenvalue weighted by molar-refractivity contribution is 0.0594. The van der Waals surface area contributed by atoms with E-state index in [1.165, 1.54) is 29.8 Å². The minimum atomic E-state index is -0.409. The molecule has 0 saturated carbocycles. The van der Waals surface area contributed by atoms with E-state index in [2.05, 4.69) is 15.0 Å². The molecule has 2 aromatic heterocycles. The van der Waals surface area contributed by atoms with Gasteiger partial charge in [-0.05, 0) is 26.0 Å². The third-order valence-corrected chi connectivity index (χ3v) is 4.85. The minimum absolute atomic E-state index is 0.0912. The summed E-state index contributed by atoms with van der Waals surface area (Å²) in [5.41, 5.74) is 0.367. The maximum atomic E-state index is 11.5. The van der Waals surface area contributed by atoms with Gasteiger partial charge in [-0.2, -0.15) is 0 Å². The smallest absolute Gasteiger partial charge is 0.357 e. The maximum absolute atomic E-state index is 11.5. The molecule has 0 bridgehead atoms. The van der Waals surface area contributed by atoms with E-state index in [4.69, 9.17) is 11.6 Å². The lowest BCUT2D eigenvalue weighted by atomic mass is 10.3. The third-order valence-electron chi connectivity index (χ3n) is 2.54. The first kappa shape index (κ1) is 14.3. The van der Waals surface area contributed by atoms with Crippen LogP contribution in [0.3, 0.4) is 0 Å². The predicted octanol–water partition coefficient (Wildman–Crippen LogP) is 4.13.